The summed E-state index contributed by atoms with van der Waals surface area (Å²) in [6.45, 7) is 5.36. The number of aromatic nitrogens is 2. The minimum absolute atomic E-state index is 0.0780. The second-order valence-corrected chi connectivity index (χ2v) is 10.3. The van der Waals surface area contributed by atoms with E-state index in [1.54, 1.807) is 31.2 Å². The molecular formula is C27H27N3O6S. The quantitative estimate of drug-likeness (QED) is 0.262. The maximum Gasteiger partial charge on any atom is 0.348 e. The molecule has 1 fully saturated rings. The third kappa shape index (κ3) is 4.81. The number of carbonyl (C=O) groups excluding carboxylic acids is 3. The second-order valence-electron chi connectivity index (χ2n) is 9.27. The van der Waals surface area contributed by atoms with Gasteiger partial charge in [0.2, 0.25) is 0 Å². The number of esters is 1. The Balaban J connectivity index is 1.40. The summed E-state index contributed by atoms with van der Waals surface area (Å²) in [4.78, 5) is 58.2. The standard InChI is InChI=1S/C27H27N3O6S/c1-3-11-30-19-12-17(9-10-21(19)35-14-22(30)32)20(31)13-29-15-28-25-23(26(29)33)16(2)24(37-25)27(34)36-18-7-5-4-6-8-18/h3,9-10,12,15,18H,1,4-8,11,13-14H2,2H3. The first-order valence-corrected chi connectivity index (χ1v) is 13.1. The highest BCUT2D eigenvalue weighted by Crippen LogP contribution is 2.33. The van der Waals surface area contributed by atoms with Crippen LogP contribution in [0.5, 0.6) is 5.75 Å². The zero-order chi connectivity index (χ0) is 26.1. The first-order valence-electron chi connectivity index (χ1n) is 12.3. The number of nitrogens with zero attached hydrogens (tertiary/aromatic N) is 3. The number of ketones is 1. The van der Waals surface area contributed by atoms with Gasteiger partial charge in [0.05, 0.1) is 23.9 Å². The molecule has 9 nitrogen and oxygen atoms in total. The Labute approximate surface area is 217 Å². The van der Waals surface area contributed by atoms with E-state index >= 15 is 0 Å². The summed E-state index contributed by atoms with van der Waals surface area (Å²) in [6, 6.07) is 4.84. The topological polar surface area (TPSA) is 108 Å². The molecule has 0 N–H and O–H groups in total. The van der Waals surface area contributed by atoms with Crippen LogP contribution in [0.4, 0.5) is 5.69 Å². The average molecular weight is 522 g/mol. The third-order valence-corrected chi connectivity index (χ3v) is 7.96. The van der Waals surface area contributed by atoms with Crippen molar-refractivity contribution in [2.75, 3.05) is 18.1 Å². The van der Waals surface area contributed by atoms with E-state index in [1.807, 2.05) is 0 Å². The van der Waals surface area contributed by atoms with E-state index in [9.17, 15) is 19.2 Å². The van der Waals surface area contributed by atoms with Gasteiger partial charge in [0.1, 0.15) is 21.6 Å². The molecule has 0 unspecified atom stereocenters. The summed E-state index contributed by atoms with van der Waals surface area (Å²) >= 11 is 1.14. The van der Waals surface area contributed by atoms with Gasteiger partial charge in [-0.1, -0.05) is 12.5 Å². The molecule has 0 spiro atoms. The molecule has 1 aromatic carbocycles. The molecule has 0 saturated heterocycles. The summed E-state index contributed by atoms with van der Waals surface area (Å²) in [7, 11) is 0. The van der Waals surface area contributed by atoms with Gasteiger partial charge >= 0.3 is 5.97 Å². The summed E-state index contributed by atoms with van der Waals surface area (Å²) in [5.41, 5.74) is 0.938. The monoisotopic (exact) mass is 521 g/mol. The van der Waals surface area contributed by atoms with Gasteiger partial charge in [0, 0.05) is 12.1 Å². The normalized spacial score (nSPS) is 15.8. The Bertz CT molecular complexity index is 1470. The number of hydrogen-bond acceptors (Lipinski definition) is 8. The van der Waals surface area contributed by atoms with Crippen molar-refractivity contribution in [2.45, 2.75) is 51.7 Å². The van der Waals surface area contributed by atoms with Crippen molar-refractivity contribution in [1.29, 1.82) is 0 Å². The highest BCUT2D eigenvalue weighted by Gasteiger charge is 2.27. The second kappa shape index (κ2) is 10.3. The van der Waals surface area contributed by atoms with E-state index in [1.165, 1.54) is 15.8 Å². The minimum atomic E-state index is -0.427. The lowest BCUT2D eigenvalue weighted by molar-refractivity contribution is -0.121. The van der Waals surface area contributed by atoms with Crippen LogP contribution < -0.4 is 15.2 Å². The van der Waals surface area contributed by atoms with Gasteiger partial charge in [-0.05, 0) is 56.4 Å². The Morgan fingerprint density at radius 2 is 2.03 bits per heavy atom. The number of aryl methyl sites for hydroxylation is 1. The van der Waals surface area contributed by atoms with Crippen molar-refractivity contribution in [3.63, 3.8) is 0 Å². The number of rotatable bonds is 7. The molecule has 10 heteroatoms. The van der Waals surface area contributed by atoms with E-state index in [-0.39, 0.29) is 37.5 Å². The van der Waals surface area contributed by atoms with Crippen LogP contribution in [0.25, 0.3) is 10.2 Å². The maximum atomic E-state index is 13.3. The van der Waals surface area contributed by atoms with E-state index < -0.39 is 11.5 Å². The molecule has 1 saturated carbocycles. The highest BCUT2D eigenvalue weighted by atomic mass is 32.1. The highest BCUT2D eigenvalue weighted by molar-refractivity contribution is 7.20. The van der Waals surface area contributed by atoms with Crippen LogP contribution in [-0.4, -0.2) is 46.5 Å². The predicted molar refractivity (Wildman–Crippen MR) is 140 cm³/mol. The first kappa shape index (κ1) is 24.9. The molecule has 5 rings (SSSR count). The number of benzene rings is 1. The van der Waals surface area contributed by atoms with E-state index in [4.69, 9.17) is 9.47 Å². The summed E-state index contributed by atoms with van der Waals surface area (Å²) < 4.78 is 12.4. The van der Waals surface area contributed by atoms with Gasteiger partial charge in [-0.25, -0.2) is 9.78 Å². The van der Waals surface area contributed by atoms with Crippen molar-refractivity contribution in [2.24, 2.45) is 0 Å². The lowest BCUT2D eigenvalue weighted by Gasteiger charge is -2.28. The van der Waals surface area contributed by atoms with Gasteiger partial charge < -0.3 is 14.4 Å². The van der Waals surface area contributed by atoms with Crippen LogP contribution in [0, 0.1) is 6.92 Å². The third-order valence-electron chi connectivity index (χ3n) is 6.78. The minimum Gasteiger partial charge on any atom is -0.482 e. The number of Topliss-reactive ketones (excluding diaryl/α,β-unsaturated/α-hetero) is 1. The van der Waals surface area contributed by atoms with Crippen molar-refractivity contribution >= 4 is 44.9 Å². The zero-order valence-electron chi connectivity index (χ0n) is 20.5. The van der Waals surface area contributed by atoms with Gasteiger partial charge in [-0.15, -0.1) is 17.9 Å². The fraction of sp³-hybridized carbons (Fsp3) is 0.370. The van der Waals surface area contributed by atoms with E-state index in [2.05, 4.69) is 11.6 Å². The fourth-order valence-corrected chi connectivity index (χ4v) is 5.83. The lowest BCUT2D eigenvalue weighted by Crippen LogP contribution is -2.39. The average Bonchev–Trinajstić information content (AvgIpc) is 3.24. The SMILES string of the molecule is C=CCN1C(=O)COc2ccc(C(=O)Cn3cnc4sc(C(=O)OC5CCCCC5)c(C)c4c3=O)cc21. The van der Waals surface area contributed by atoms with Gasteiger partial charge in [-0.2, -0.15) is 0 Å². The molecule has 37 heavy (non-hydrogen) atoms. The molecule has 3 aromatic rings. The Morgan fingerprint density at radius 3 is 2.78 bits per heavy atom. The van der Waals surface area contributed by atoms with Crippen LogP contribution in [-0.2, 0) is 16.1 Å². The van der Waals surface area contributed by atoms with Crippen molar-refractivity contribution in [3.8, 4) is 5.75 Å². The fourth-order valence-electron chi connectivity index (χ4n) is 4.81. The smallest absolute Gasteiger partial charge is 0.348 e. The predicted octanol–water partition coefficient (Wildman–Crippen LogP) is 4.05. The number of thiophene rings is 1. The van der Waals surface area contributed by atoms with Crippen LogP contribution in [0.1, 0.15) is 57.7 Å². The largest absolute Gasteiger partial charge is 0.482 e. The molecule has 0 bridgehead atoms. The van der Waals surface area contributed by atoms with Crippen LogP contribution in [0.3, 0.4) is 0 Å². The molecule has 192 valence electrons. The number of anilines is 1. The summed E-state index contributed by atoms with van der Waals surface area (Å²) in [5, 5.41) is 0.317. The first-order chi connectivity index (χ1) is 17.9. The lowest BCUT2D eigenvalue weighted by atomic mass is 9.98. The van der Waals surface area contributed by atoms with E-state index in [0.29, 0.717) is 37.7 Å². The molecule has 3 heterocycles. The van der Waals surface area contributed by atoms with Crippen molar-refractivity contribution in [3.05, 3.63) is 63.5 Å². The van der Waals surface area contributed by atoms with Crippen LogP contribution in [0.15, 0.2) is 42.0 Å². The molecule has 1 aliphatic carbocycles. The van der Waals surface area contributed by atoms with Crippen LogP contribution >= 0.6 is 11.3 Å². The Kier molecular flexibility index (Phi) is 6.92. The molecule has 2 aliphatic rings. The van der Waals surface area contributed by atoms with Gasteiger partial charge in [0.25, 0.3) is 11.5 Å². The summed E-state index contributed by atoms with van der Waals surface area (Å²) in [5.74, 6) is -0.481. The Morgan fingerprint density at radius 1 is 1.24 bits per heavy atom. The number of hydrogen-bond donors (Lipinski definition) is 0. The molecule has 0 radical (unpaired) electrons. The van der Waals surface area contributed by atoms with Crippen LogP contribution in [0.2, 0.25) is 0 Å². The molecule has 0 atom stereocenters. The maximum absolute atomic E-state index is 13.3. The molecule has 1 amide bonds. The summed E-state index contributed by atoms with van der Waals surface area (Å²) in [6.07, 6.45) is 7.80. The van der Waals surface area contributed by atoms with Gasteiger partial charge in [-0.3, -0.25) is 19.0 Å². The van der Waals surface area contributed by atoms with E-state index in [0.717, 1.165) is 43.4 Å². The van der Waals surface area contributed by atoms with Gasteiger partial charge in [0.15, 0.2) is 12.4 Å². The number of amides is 1. The van der Waals surface area contributed by atoms with Crippen molar-refractivity contribution < 1.29 is 23.9 Å². The van der Waals surface area contributed by atoms with Crippen molar-refractivity contribution in [1.82, 2.24) is 9.55 Å². The number of fused-ring (bicyclic) bond motifs is 2. The Hall–Kier alpha value is -3.79. The molecule has 1 aliphatic heterocycles. The molecular weight excluding hydrogens is 494 g/mol. The number of carbonyl (C=O) groups is 3. The number of ether oxygens (including phenoxy) is 2. The molecule has 2 aromatic heterocycles. The zero-order valence-corrected chi connectivity index (χ0v) is 21.3.